The molecule has 0 aliphatic rings. The van der Waals surface area contributed by atoms with Crippen LogP contribution in [-0.4, -0.2) is 23.7 Å². The van der Waals surface area contributed by atoms with Crippen molar-refractivity contribution in [3.63, 3.8) is 0 Å². The average molecular weight is 474 g/mol. The van der Waals surface area contributed by atoms with Crippen molar-refractivity contribution in [2.75, 3.05) is 0 Å². The number of rotatable bonds is 2. The van der Waals surface area contributed by atoms with E-state index in [2.05, 4.69) is 21.1 Å². The molecule has 0 aromatic carbocycles. The van der Waals surface area contributed by atoms with E-state index in [1.165, 1.54) is 12.4 Å². The van der Waals surface area contributed by atoms with Crippen LogP contribution in [0.5, 0.6) is 0 Å². The van der Waals surface area contributed by atoms with E-state index in [-0.39, 0.29) is 38.5 Å². The van der Waals surface area contributed by atoms with Crippen LogP contribution < -0.4 is 0 Å². The summed E-state index contributed by atoms with van der Waals surface area (Å²) >= 11 is -1.83. The first-order valence-electron chi connectivity index (χ1n) is 4.05. The van der Waals surface area contributed by atoms with Crippen molar-refractivity contribution >= 4 is 11.1 Å². The fourth-order valence-electron chi connectivity index (χ4n) is 1.12. The first-order chi connectivity index (χ1) is 7.29. The smallest absolute Gasteiger partial charge is 0.455 e. The molecule has 1 unspecified atom stereocenters. The van der Waals surface area contributed by atoms with E-state index in [4.69, 9.17) is 4.55 Å². The maximum Gasteiger partial charge on any atom is 2.00 e. The second-order valence-electron chi connectivity index (χ2n) is 2.65. The molecule has 0 bridgehead atoms. The maximum absolute atomic E-state index is 11.1. The van der Waals surface area contributed by atoms with Gasteiger partial charge in [-0.3, -0.25) is 9.97 Å². The van der Waals surface area contributed by atoms with E-state index in [0.717, 1.165) is 0 Å². The zero-order valence-electron chi connectivity index (χ0n) is 9.04. The summed E-state index contributed by atoms with van der Waals surface area (Å²) in [7, 11) is 0. The van der Waals surface area contributed by atoms with Gasteiger partial charge in [-0.15, -0.1) is 6.20 Å². The molecule has 0 spiro atoms. The normalized spacial score (nSPS) is 10.9. The summed E-state index contributed by atoms with van der Waals surface area (Å²) in [5.41, 5.74) is 0.914. The standard InChI is InChI=1S/C9H6N3O2S.CH3.U/c13-15(14)8-2-1-3-12-9(8)7-6-10-4-5-11-7;;/h1-3,5-6H,(H,13,14);1H3;/q2*-1;+2/p+1. The van der Waals surface area contributed by atoms with Gasteiger partial charge in [-0.2, -0.15) is 4.21 Å². The molecule has 1 atom stereocenters. The molecule has 2 N–H and O–H groups in total. The number of nitrogens with zero attached hydrogens (tertiary/aromatic N) is 3. The summed E-state index contributed by atoms with van der Waals surface area (Å²) in [6, 6.07) is 3.22. The molecule has 2 heterocycles. The van der Waals surface area contributed by atoms with Gasteiger partial charge in [-0.05, 0) is 18.3 Å². The first-order valence-corrected chi connectivity index (χ1v) is 5.20. The Morgan fingerprint density at radius 3 is 2.71 bits per heavy atom. The zero-order chi connectivity index (χ0) is 10.7. The zero-order valence-corrected chi connectivity index (χ0v) is 14.0. The van der Waals surface area contributed by atoms with Crippen molar-refractivity contribution in [1.29, 1.82) is 0 Å². The monoisotopic (exact) mass is 474 g/mol. The molecule has 0 aliphatic heterocycles. The summed E-state index contributed by atoms with van der Waals surface area (Å²) < 4.78 is 18.3. The third-order valence-electron chi connectivity index (χ3n) is 1.74. The third kappa shape index (κ3) is 3.96. The van der Waals surface area contributed by atoms with Gasteiger partial charge in [0.15, 0.2) is 0 Å². The van der Waals surface area contributed by atoms with Gasteiger partial charge in [0.1, 0.15) is 4.90 Å². The minimum absolute atomic E-state index is 0. The van der Waals surface area contributed by atoms with Crippen LogP contribution in [0.4, 0.5) is 0 Å². The van der Waals surface area contributed by atoms with Crippen LogP contribution in [0.2, 0.25) is 0 Å². The van der Waals surface area contributed by atoms with E-state index in [0.29, 0.717) is 16.3 Å². The van der Waals surface area contributed by atoms with Gasteiger partial charge in [0.05, 0.1) is 5.69 Å². The molecular formula is C10H10N3O2SU+. The van der Waals surface area contributed by atoms with Crippen molar-refractivity contribution in [3.05, 3.63) is 44.3 Å². The minimum Gasteiger partial charge on any atom is -0.455 e. The van der Waals surface area contributed by atoms with Gasteiger partial charge in [0, 0.05) is 11.9 Å². The Hall–Kier alpha value is -0.608. The van der Waals surface area contributed by atoms with Crippen LogP contribution >= 0.6 is 0 Å². The molecule has 5 nitrogen and oxygen atoms in total. The number of hydrogen-bond acceptors (Lipinski definition) is 4. The van der Waals surface area contributed by atoms with Crippen LogP contribution in [-0.2, 0) is 11.1 Å². The molecule has 0 radical (unpaired) electrons. The van der Waals surface area contributed by atoms with Crippen molar-refractivity contribution in [1.82, 2.24) is 15.0 Å². The molecule has 0 fully saturated rings. The molecule has 0 saturated heterocycles. The van der Waals surface area contributed by atoms with Crippen LogP contribution in [0.3, 0.4) is 0 Å². The Labute approximate surface area is 126 Å². The summed E-state index contributed by atoms with van der Waals surface area (Å²) in [6.07, 6.45) is 6.97. The SMILES string of the molecule is O=S([OH2+])c1cccnc1-c1cn[c-]cn1.[CH3-].[U+2]. The first kappa shape index (κ1) is 16.4. The summed E-state index contributed by atoms with van der Waals surface area (Å²) in [5.74, 6) is 0. The second-order valence-corrected chi connectivity index (χ2v) is 3.63. The predicted molar refractivity (Wildman–Crippen MR) is 60.5 cm³/mol. The quantitative estimate of drug-likeness (QED) is 0.470. The van der Waals surface area contributed by atoms with Crippen molar-refractivity contribution < 1.29 is 39.9 Å². The molecule has 7 heteroatoms. The van der Waals surface area contributed by atoms with Crippen molar-refractivity contribution in [2.24, 2.45) is 0 Å². The second kappa shape index (κ2) is 7.67. The van der Waals surface area contributed by atoms with E-state index >= 15 is 0 Å². The third-order valence-corrected chi connectivity index (χ3v) is 2.46. The summed E-state index contributed by atoms with van der Waals surface area (Å²) in [4.78, 5) is 12.1. The topological polar surface area (TPSA) is 78.6 Å². The number of aromatic nitrogens is 3. The van der Waals surface area contributed by atoms with Crippen molar-refractivity contribution in [2.45, 2.75) is 4.90 Å². The molecular weight excluding hydrogens is 464 g/mol. The molecule has 86 valence electrons. The molecule has 2 rings (SSSR count). The van der Waals surface area contributed by atoms with E-state index < -0.39 is 11.1 Å². The number of hydrogen-bond donors (Lipinski definition) is 0. The van der Waals surface area contributed by atoms with Gasteiger partial charge < -0.3 is 17.0 Å². The Bertz CT molecular complexity index is 496. The molecule has 2 aromatic rings. The minimum atomic E-state index is -1.83. The van der Waals surface area contributed by atoms with Gasteiger partial charge in [0.25, 0.3) is 0 Å². The molecule has 0 amide bonds. The Morgan fingerprint density at radius 2 is 2.12 bits per heavy atom. The van der Waals surface area contributed by atoms with Crippen LogP contribution in [0.15, 0.2) is 35.6 Å². The molecule has 0 saturated carbocycles. The summed E-state index contributed by atoms with van der Waals surface area (Å²) in [5, 5.41) is 0. The van der Waals surface area contributed by atoms with E-state index in [1.807, 2.05) is 0 Å². The fourth-order valence-corrected chi connectivity index (χ4v) is 1.65. The van der Waals surface area contributed by atoms with Gasteiger partial charge in [-0.25, -0.2) is 0 Å². The maximum atomic E-state index is 11.1. The van der Waals surface area contributed by atoms with E-state index in [9.17, 15) is 4.21 Å². The summed E-state index contributed by atoms with van der Waals surface area (Å²) in [6.45, 7) is 0. The Kier molecular flexibility index (Phi) is 7.39. The Balaban J connectivity index is 0.00000128. The molecule has 2 aromatic heterocycles. The largest absolute Gasteiger partial charge is 2.00 e. The van der Waals surface area contributed by atoms with Gasteiger partial charge in [-0.1, -0.05) is 6.20 Å². The van der Waals surface area contributed by atoms with E-state index in [1.54, 1.807) is 18.3 Å². The Morgan fingerprint density at radius 1 is 1.35 bits per heavy atom. The van der Waals surface area contributed by atoms with Crippen molar-refractivity contribution in [3.8, 4) is 11.4 Å². The van der Waals surface area contributed by atoms with Gasteiger partial charge >= 0.3 is 42.2 Å². The molecule has 17 heavy (non-hydrogen) atoms. The number of pyridine rings is 1. The van der Waals surface area contributed by atoms with Crippen LogP contribution in [0, 0.1) is 44.7 Å². The van der Waals surface area contributed by atoms with Crippen LogP contribution in [0.1, 0.15) is 0 Å². The van der Waals surface area contributed by atoms with Crippen LogP contribution in [0.25, 0.3) is 11.4 Å². The molecule has 0 aliphatic carbocycles. The predicted octanol–water partition coefficient (Wildman–Crippen LogP) is 0.536. The fraction of sp³-hybridized carbons (Fsp3) is 0. The van der Waals surface area contributed by atoms with Gasteiger partial charge in [0.2, 0.25) is 0 Å². The average Bonchev–Trinajstić information content (AvgIpc) is 2.30.